The summed E-state index contributed by atoms with van der Waals surface area (Å²) in [4.78, 5) is 6.52. The Labute approximate surface area is 101 Å². The Morgan fingerprint density at radius 1 is 1.33 bits per heavy atom. The van der Waals surface area contributed by atoms with Crippen LogP contribution in [-0.4, -0.2) is 22.5 Å². The van der Waals surface area contributed by atoms with Gasteiger partial charge in [-0.15, -0.1) is 0 Å². The van der Waals surface area contributed by atoms with E-state index in [1.54, 1.807) is 12.1 Å². The number of halogens is 2. The van der Waals surface area contributed by atoms with Crippen LogP contribution < -0.4 is 0 Å². The zero-order chi connectivity index (χ0) is 11.4. The van der Waals surface area contributed by atoms with Gasteiger partial charge in [-0.25, -0.2) is 4.98 Å². The Hall–Kier alpha value is -0.310. The van der Waals surface area contributed by atoms with Gasteiger partial charge in [0.25, 0.3) is 0 Å². The molecule has 0 saturated carbocycles. The van der Waals surface area contributed by atoms with Gasteiger partial charge in [-0.05, 0) is 32.5 Å². The largest absolute Gasteiger partial charge is 0.295 e. The van der Waals surface area contributed by atoms with Gasteiger partial charge in [-0.3, -0.25) is 4.90 Å². The van der Waals surface area contributed by atoms with E-state index >= 15 is 0 Å². The van der Waals surface area contributed by atoms with Gasteiger partial charge in [0.2, 0.25) is 0 Å². The summed E-state index contributed by atoms with van der Waals surface area (Å²) < 4.78 is 0. The zero-order valence-electron chi connectivity index (χ0n) is 9.30. The summed E-state index contributed by atoms with van der Waals surface area (Å²) in [7, 11) is 0. The fourth-order valence-electron chi connectivity index (χ4n) is 1.42. The van der Waals surface area contributed by atoms with Gasteiger partial charge < -0.3 is 0 Å². The molecule has 0 spiro atoms. The van der Waals surface area contributed by atoms with Crippen LogP contribution in [0.1, 0.15) is 26.5 Å². The van der Waals surface area contributed by atoms with E-state index in [4.69, 9.17) is 23.2 Å². The molecule has 0 aliphatic rings. The molecular weight excluding hydrogens is 231 g/mol. The number of aromatic nitrogens is 1. The second kappa shape index (κ2) is 5.69. The minimum Gasteiger partial charge on any atom is -0.295 e. The van der Waals surface area contributed by atoms with Crippen LogP contribution in [0.5, 0.6) is 0 Å². The highest BCUT2D eigenvalue weighted by molar-refractivity contribution is 6.32. The third kappa shape index (κ3) is 3.63. The normalized spacial score (nSPS) is 11.4. The van der Waals surface area contributed by atoms with Gasteiger partial charge in [0, 0.05) is 12.6 Å². The van der Waals surface area contributed by atoms with E-state index in [-0.39, 0.29) is 0 Å². The summed E-state index contributed by atoms with van der Waals surface area (Å²) in [6.45, 7) is 8.15. The Morgan fingerprint density at radius 3 is 2.53 bits per heavy atom. The van der Waals surface area contributed by atoms with E-state index < -0.39 is 0 Å². The van der Waals surface area contributed by atoms with Crippen molar-refractivity contribution in [3.63, 3.8) is 0 Å². The minimum absolute atomic E-state index is 0.479. The molecule has 1 aromatic rings. The van der Waals surface area contributed by atoms with Crippen molar-refractivity contribution in [3.8, 4) is 0 Å². The molecule has 2 nitrogen and oxygen atoms in total. The van der Waals surface area contributed by atoms with Crippen LogP contribution in [0.2, 0.25) is 10.2 Å². The summed E-state index contributed by atoms with van der Waals surface area (Å²) >= 11 is 11.9. The lowest BCUT2D eigenvalue weighted by atomic mass is 10.2. The summed E-state index contributed by atoms with van der Waals surface area (Å²) in [5.74, 6) is 0. The Balaban J connectivity index is 2.82. The Bertz CT molecular complexity index is 326. The molecule has 15 heavy (non-hydrogen) atoms. The lowest BCUT2D eigenvalue weighted by Crippen LogP contribution is -2.30. The van der Waals surface area contributed by atoms with Gasteiger partial charge in [0.15, 0.2) is 0 Å². The minimum atomic E-state index is 0.479. The van der Waals surface area contributed by atoms with E-state index in [1.165, 1.54) is 0 Å². The van der Waals surface area contributed by atoms with Crippen molar-refractivity contribution in [3.05, 3.63) is 28.0 Å². The lowest BCUT2D eigenvalue weighted by Gasteiger charge is -2.24. The molecule has 0 N–H and O–H groups in total. The molecule has 0 fully saturated rings. The van der Waals surface area contributed by atoms with Gasteiger partial charge in [0.05, 0.1) is 10.7 Å². The van der Waals surface area contributed by atoms with E-state index in [0.717, 1.165) is 18.8 Å². The number of pyridine rings is 1. The molecule has 0 amide bonds. The lowest BCUT2D eigenvalue weighted by molar-refractivity contribution is 0.222. The quantitative estimate of drug-likeness (QED) is 0.755. The molecule has 0 aliphatic heterocycles. The van der Waals surface area contributed by atoms with Crippen LogP contribution >= 0.6 is 23.2 Å². The van der Waals surface area contributed by atoms with Crippen LogP contribution in [0.4, 0.5) is 0 Å². The first-order valence-electron chi connectivity index (χ1n) is 5.09. The number of nitrogens with zero attached hydrogens (tertiary/aromatic N) is 2. The molecule has 0 aromatic carbocycles. The van der Waals surface area contributed by atoms with Crippen molar-refractivity contribution in [2.24, 2.45) is 0 Å². The number of hydrogen-bond donors (Lipinski definition) is 0. The molecular formula is C11H16Cl2N2. The standard InChI is InChI=1S/C11H16Cl2N2/c1-4-15(8(2)3)7-10-9(12)5-6-11(13)14-10/h5-6,8H,4,7H2,1-3H3. The van der Waals surface area contributed by atoms with E-state index in [9.17, 15) is 0 Å². The predicted octanol–water partition coefficient (Wildman–Crippen LogP) is 3.62. The highest BCUT2D eigenvalue weighted by Gasteiger charge is 2.11. The van der Waals surface area contributed by atoms with Crippen LogP contribution in [0, 0.1) is 0 Å². The van der Waals surface area contributed by atoms with E-state index in [0.29, 0.717) is 16.2 Å². The first-order valence-corrected chi connectivity index (χ1v) is 5.85. The highest BCUT2D eigenvalue weighted by Crippen LogP contribution is 2.19. The zero-order valence-corrected chi connectivity index (χ0v) is 10.8. The van der Waals surface area contributed by atoms with E-state index in [2.05, 4.69) is 30.7 Å². The predicted molar refractivity (Wildman–Crippen MR) is 65.5 cm³/mol. The topological polar surface area (TPSA) is 16.1 Å². The number of rotatable bonds is 4. The Kier molecular flexibility index (Phi) is 4.84. The van der Waals surface area contributed by atoms with Gasteiger partial charge in [-0.1, -0.05) is 30.1 Å². The molecule has 0 saturated heterocycles. The summed E-state index contributed by atoms with van der Waals surface area (Å²) in [5, 5.41) is 1.17. The van der Waals surface area contributed by atoms with Gasteiger partial charge in [-0.2, -0.15) is 0 Å². The van der Waals surface area contributed by atoms with Crippen molar-refractivity contribution in [2.45, 2.75) is 33.4 Å². The smallest absolute Gasteiger partial charge is 0.129 e. The van der Waals surface area contributed by atoms with Crippen LogP contribution in [-0.2, 0) is 6.54 Å². The van der Waals surface area contributed by atoms with Gasteiger partial charge >= 0.3 is 0 Å². The molecule has 0 aliphatic carbocycles. The number of hydrogen-bond acceptors (Lipinski definition) is 2. The third-order valence-electron chi connectivity index (χ3n) is 2.37. The molecule has 0 bridgehead atoms. The second-order valence-electron chi connectivity index (χ2n) is 3.72. The molecule has 1 rings (SSSR count). The fourth-order valence-corrected chi connectivity index (χ4v) is 1.75. The van der Waals surface area contributed by atoms with Crippen LogP contribution in [0.15, 0.2) is 12.1 Å². The van der Waals surface area contributed by atoms with Crippen molar-refractivity contribution in [2.75, 3.05) is 6.54 Å². The summed E-state index contributed by atoms with van der Waals surface area (Å²) in [5.41, 5.74) is 0.847. The van der Waals surface area contributed by atoms with Crippen LogP contribution in [0.25, 0.3) is 0 Å². The maximum atomic E-state index is 6.05. The molecule has 0 atom stereocenters. The first-order chi connectivity index (χ1) is 7.04. The molecule has 0 unspecified atom stereocenters. The maximum absolute atomic E-state index is 6.05. The SMILES string of the molecule is CCN(Cc1nc(Cl)ccc1Cl)C(C)C. The Morgan fingerprint density at radius 2 is 2.00 bits per heavy atom. The summed E-state index contributed by atoms with van der Waals surface area (Å²) in [6, 6.07) is 3.98. The van der Waals surface area contributed by atoms with E-state index in [1.807, 2.05) is 0 Å². The van der Waals surface area contributed by atoms with Crippen molar-refractivity contribution >= 4 is 23.2 Å². The molecule has 1 heterocycles. The van der Waals surface area contributed by atoms with Crippen molar-refractivity contribution in [1.82, 2.24) is 9.88 Å². The molecule has 0 radical (unpaired) electrons. The highest BCUT2D eigenvalue weighted by atomic mass is 35.5. The van der Waals surface area contributed by atoms with Gasteiger partial charge in [0.1, 0.15) is 5.15 Å². The second-order valence-corrected chi connectivity index (χ2v) is 4.51. The first kappa shape index (κ1) is 12.8. The van der Waals surface area contributed by atoms with Crippen LogP contribution in [0.3, 0.4) is 0 Å². The molecule has 84 valence electrons. The van der Waals surface area contributed by atoms with Crippen molar-refractivity contribution in [1.29, 1.82) is 0 Å². The third-order valence-corrected chi connectivity index (χ3v) is 2.93. The van der Waals surface area contributed by atoms with Crippen molar-refractivity contribution < 1.29 is 0 Å². The average Bonchev–Trinajstić information content (AvgIpc) is 2.18. The summed E-state index contributed by atoms with van der Waals surface area (Å²) in [6.07, 6.45) is 0. The monoisotopic (exact) mass is 246 g/mol. The average molecular weight is 247 g/mol. The fraction of sp³-hybridized carbons (Fsp3) is 0.545. The molecule has 1 aromatic heterocycles. The molecule has 4 heteroatoms. The maximum Gasteiger partial charge on any atom is 0.129 e.